The Hall–Kier alpha value is -0.780. The number of hydrogen-bond donors (Lipinski definition) is 1. The van der Waals surface area contributed by atoms with Gasteiger partial charge in [-0.2, -0.15) is 0 Å². The second kappa shape index (κ2) is 5.91. The Kier molecular flexibility index (Phi) is 4.48. The van der Waals surface area contributed by atoms with Crippen LogP contribution in [-0.4, -0.2) is 4.98 Å². The Bertz CT molecular complexity index is 560. The van der Waals surface area contributed by atoms with E-state index < -0.39 is 0 Å². The fourth-order valence-corrected chi connectivity index (χ4v) is 2.34. The van der Waals surface area contributed by atoms with E-state index in [1.54, 1.807) is 18.5 Å². The van der Waals surface area contributed by atoms with Crippen molar-refractivity contribution in [3.8, 4) is 0 Å². The molecule has 0 bridgehead atoms. The summed E-state index contributed by atoms with van der Waals surface area (Å²) in [7, 11) is 0. The number of aromatic nitrogens is 1. The zero-order valence-corrected chi connectivity index (χ0v) is 12.6. The van der Waals surface area contributed by atoms with Gasteiger partial charge in [0.15, 0.2) is 0 Å². The standard InChI is InChI=1S/C13H11Br2FN2/c14-10-3-8(6-18-7-10)4-13(17)9-1-2-11(15)12(16)5-9/h1-3,5-7,13H,4,17H2. The zero-order valence-electron chi connectivity index (χ0n) is 9.41. The number of nitrogens with two attached hydrogens (primary N) is 1. The molecule has 18 heavy (non-hydrogen) atoms. The maximum atomic E-state index is 13.4. The minimum atomic E-state index is -0.296. The number of nitrogens with zero attached hydrogens (tertiary/aromatic N) is 1. The molecule has 0 radical (unpaired) electrons. The minimum absolute atomic E-state index is 0.247. The molecule has 5 heteroatoms. The molecule has 2 aromatic rings. The predicted octanol–water partition coefficient (Wildman–Crippen LogP) is 3.99. The SMILES string of the molecule is NC(Cc1cncc(Br)c1)c1ccc(Br)c(F)c1. The van der Waals surface area contributed by atoms with E-state index >= 15 is 0 Å². The zero-order chi connectivity index (χ0) is 13.1. The van der Waals surface area contributed by atoms with E-state index in [4.69, 9.17) is 5.73 Å². The van der Waals surface area contributed by atoms with Gasteiger partial charge in [-0.25, -0.2) is 4.39 Å². The Balaban J connectivity index is 2.16. The average Bonchev–Trinajstić information content (AvgIpc) is 2.32. The summed E-state index contributed by atoms with van der Waals surface area (Å²) in [6, 6.07) is 6.67. The molecule has 2 N–H and O–H groups in total. The fourth-order valence-electron chi connectivity index (χ4n) is 1.68. The van der Waals surface area contributed by atoms with E-state index in [1.807, 2.05) is 12.1 Å². The number of pyridine rings is 1. The highest BCUT2D eigenvalue weighted by atomic mass is 79.9. The van der Waals surface area contributed by atoms with Crippen LogP contribution in [0.2, 0.25) is 0 Å². The van der Waals surface area contributed by atoms with E-state index in [0.717, 1.165) is 15.6 Å². The molecule has 1 aromatic heterocycles. The largest absolute Gasteiger partial charge is 0.324 e. The molecule has 2 nitrogen and oxygen atoms in total. The van der Waals surface area contributed by atoms with Gasteiger partial charge in [0.1, 0.15) is 5.82 Å². The molecule has 0 aliphatic carbocycles. The van der Waals surface area contributed by atoms with Crippen molar-refractivity contribution in [1.82, 2.24) is 4.98 Å². The van der Waals surface area contributed by atoms with Crippen molar-refractivity contribution < 1.29 is 4.39 Å². The molecule has 94 valence electrons. The van der Waals surface area contributed by atoms with Gasteiger partial charge in [-0.15, -0.1) is 0 Å². The highest BCUT2D eigenvalue weighted by molar-refractivity contribution is 9.10. The van der Waals surface area contributed by atoms with Crippen LogP contribution in [0.15, 0.2) is 45.6 Å². The van der Waals surface area contributed by atoms with Gasteiger partial charge in [0.05, 0.1) is 4.47 Å². The molecule has 1 aromatic carbocycles. The van der Waals surface area contributed by atoms with E-state index in [0.29, 0.717) is 10.9 Å². The van der Waals surface area contributed by atoms with Crippen molar-refractivity contribution in [3.63, 3.8) is 0 Å². The first-order chi connectivity index (χ1) is 8.56. The third kappa shape index (κ3) is 3.37. The highest BCUT2D eigenvalue weighted by Gasteiger charge is 2.10. The Morgan fingerprint density at radius 2 is 2.00 bits per heavy atom. The van der Waals surface area contributed by atoms with E-state index in [1.165, 1.54) is 6.07 Å². The lowest BCUT2D eigenvalue weighted by Gasteiger charge is -2.12. The van der Waals surface area contributed by atoms with Gasteiger partial charge in [-0.1, -0.05) is 6.07 Å². The molecule has 1 heterocycles. The number of halogens is 3. The first kappa shape index (κ1) is 13.6. The van der Waals surface area contributed by atoms with Crippen LogP contribution in [0, 0.1) is 5.82 Å². The molecule has 0 saturated heterocycles. The minimum Gasteiger partial charge on any atom is -0.324 e. The summed E-state index contributed by atoms with van der Waals surface area (Å²) in [6.45, 7) is 0. The van der Waals surface area contributed by atoms with Gasteiger partial charge in [0.2, 0.25) is 0 Å². The predicted molar refractivity (Wildman–Crippen MR) is 76.7 cm³/mol. The molecule has 0 spiro atoms. The second-order valence-electron chi connectivity index (χ2n) is 4.00. The summed E-state index contributed by atoms with van der Waals surface area (Å²) in [5, 5.41) is 0. The quantitative estimate of drug-likeness (QED) is 0.883. The van der Waals surface area contributed by atoms with Crippen molar-refractivity contribution in [2.75, 3.05) is 0 Å². The Labute approximate surface area is 122 Å². The van der Waals surface area contributed by atoms with Crippen molar-refractivity contribution in [2.45, 2.75) is 12.5 Å². The highest BCUT2D eigenvalue weighted by Crippen LogP contribution is 2.22. The van der Waals surface area contributed by atoms with Crippen LogP contribution in [0.3, 0.4) is 0 Å². The van der Waals surface area contributed by atoms with Crippen molar-refractivity contribution in [1.29, 1.82) is 0 Å². The molecule has 0 aliphatic rings. The van der Waals surface area contributed by atoms with Crippen LogP contribution >= 0.6 is 31.9 Å². The molecular formula is C13H11Br2FN2. The van der Waals surface area contributed by atoms with Crippen molar-refractivity contribution >= 4 is 31.9 Å². The average molecular weight is 374 g/mol. The van der Waals surface area contributed by atoms with Gasteiger partial charge in [0, 0.05) is 22.9 Å². The van der Waals surface area contributed by atoms with Crippen LogP contribution in [0.25, 0.3) is 0 Å². The maximum Gasteiger partial charge on any atom is 0.137 e. The summed E-state index contributed by atoms with van der Waals surface area (Å²) in [6.07, 6.45) is 4.10. The molecular weight excluding hydrogens is 363 g/mol. The lowest BCUT2D eigenvalue weighted by Crippen LogP contribution is -2.13. The van der Waals surface area contributed by atoms with E-state index in [-0.39, 0.29) is 11.9 Å². The van der Waals surface area contributed by atoms with Gasteiger partial charge in [0.25, 0.3) is 0 Å². The Morgan fingerprint density at radius 1 is 1.22 bits per heavy atom. The molecule has 2 rings (SSSR count). The molecule has 1 unspecified atom stereocenters. The van der Waals surface area contributed by atoms with Crippen LogP contribution in [0.5, 0.6) is 0 Å². The summed E-state index contributed by atoms with van der Waals surface area (Å²) >= 11 is 6.48. The fraction of sp³-hybridized carbons (Fsp3) is 0.154. The summed E-state index contributed by atoms with van der Waals surface area (Å²) in [5.74, 6) is -0.296. The second-order valence-corrected chi connectivity index (χ2v) is 5.77. The van der Waals surface area contributed by atoms with Crippen molar-refractivity contribution in [3.05, 3.63) is 62.5 Å². The smallest absolute Gasteiger partial charge is 0.137 e. The summed E-state index contributed by atoms with van der Waals surface area (Å²) < 4.78 is 14.8. The van der Waals surface area contributed by atoms with Gasteiger partial charge < -0.3 is 5.73 Å². The molecule has 0 saturated carbocycles. The van der Waals surface area contributed by atoms with Crippen LogP contribution in [-0.2, 0) is 6.42 Å². The molecule has 0 amide bonds. The Morgan fingerprint density at radius 3 is 2.67 bits per heavy atom. The number of benzene rings is 1. The van der Waals surface area contributed by atoms with E-state index in [2.05, 4.69) is 36.8 Å². The van der Waals surface area contributed by atoms with Gasteiger partial charge in [-0.3, -0.25) is 4.98 Å². The van der Waals surface area contributed by atoms with Crippen LogP contribution in [0.1, 0.15) is 17.2 Å². The third-order valence-electron chi connectivity index (χ3n) is 2.59. The molecule has 0 aliphatic heterocycles. The maximum absolute atomic E-state index is 13.4. The lowest BCUT2D eigenvalue weighted by molar-refractivity contribution is 0.612. The van der Waals surface area contributed by atoms with Gasteiger partial charge >= 0.3 is 0 Å². The number of rotatable bonds is 3. The topological polar surface area (TPSA) is 38.9 Å². The lowest BCUT2D eigenvalue weighted by atomic mass is 10.0. The van der Waals surface area contributed by atoms with Gasteiger partial charge in [-0.05, 0) is 67.6 Å². The van der Waals surface area contributed by atoms with Crippen molar-refractivity contribution in [2.24, 2.45) is 5.73 Å². The number of hydrogen-bond acceptors (Lipinski definition) is 2. The summed E-state index contributed by atoms with van der Waals surface area (Å²) in [4.78, 5) is 4.08. The normalized spacial score (nSPS) is 12.4. The van der Waals surface area contributed by atoms with Crippen LogP contribution in [0.4, 0.5) is 4.39 Å². The van der Waals surface area contributed by atoms with Crippen LogP contribution < -0.4 is 5.73 Å². The first-order valence-corrected chi connectivity index (χ1v) is 6.95. The summed E-state index contributed by atoms with van der Waals surface area (Å²) in [5.41, 5.74) is 7.86. The first-order valence-electron chi connectivity index (χ1n) is 5.36. The molecule has 1 atom stereocenters. The monoisotopic (exact) mass is 372 g/mol. The van der Waals surface area contributed by atoms with E-state index in [9.17, 15) is 4.39 Å². The molecule has 0 fully saturated rings. The third-order valence-corrected chi connectivity index (χ3v) is 3.67.